The number of benzene rings is 1. The minimum absolute atomic E-state index is 0.0422. The van der Waals surface area contributed by atoms with Crippen LogP contribution >= 0.6 is 0 Å². The molecule has 0 aromatic heterocycles. The largest absolute Gasteiger partial charge is 0.490 e. The summed E-state index contributed by atoms with van der Waals surface area (Å²) in [5.41, 5.74) is -1.11. The number of halogens is 3. The number of hydrogen-bond donors (Lipinski definition) is 1. The lowest BCUT2D eigenvalue weighted by atomic mass is 9.86. The monoisotopic (exact) mass is 361 g/mol. The highest BCUT2D eigenvalue weighted by Gasteiger charge is 2.47. The Morgan fingerprint density at radius 2 is 1.68 bits per heavy atom. The lowest BCUT2D eigenvalue weighted by Crippen LogP contribution is -2.53. The Labute approximate surface area is 146 Å². The first-order valence-electron chi connectivity index (χ1n) is 8.26. The third-order valence-corrected chi connectivity index (χ3v) is 3.45. The number of carbonyl (C=O) groups excluding carboxylic acids is 1. The van der Waals surface area contributed by atoms with E-state index < -0.39 is 23.5 Å². The van der Waals surface area contributed by atoms with Crippen molar-refractivity contribution in [3.8, 4) is 11.5 Å². The van der Waals surface area contributed by atoms with Crippen LogP contribution in [0.25, 0.3) is 0 Å². The summed E-state index contributed by atoms with van der Waals surface area (Å²) in [4.78, 5) is 11.8. The number of hydrogen-bond acceptors (Lipinski definition) is 3. The van der Waals surface area contributed by atoms with E-state index >= 15 is 0 Å². The fraction of sp³-hybridized carbons (Fsp3) is 0.611. The van der Waals surface area contributed by atoms with Gasteiger partial charge in [-0.2, -0.15) is 13.2 Å². The van der Waals surface area contributed by atoms with Crippen LogP contribution in [0.4, 0.5) is 13.2 Å². The summed E-state index contributed by atoms with van der Waals surface area (Å²) in [5, 5.41) is 2.08. The van der Waals surface area contributed by atoms with Crippen molar-refractivity contribution in [2.24, 2.45) is 5.41 Å². The van der Waals surface area contributed by atoms with E-state index in [9.17, 15) is 18.0 Å². The van der Waals surface area contributed by atoms with Crippen molar-refractivity contribution >= 4 is 5.91 Å². The highest BCUT2D eigenvalue weighted by molar-refractivity contribution is 5.76. The Hall–Kier alpha value is -1.92. The van der Waals surface area contributed by atoms with Gasteiger partial charge in [0, 0.05) is 6.42 Å². The average Bonchev–Trinajstić information content (AvgIpc) is 2.49. The minimum Gasteiger partial charge on any atom is -0.490 e. The predicted molar refractivity (Wildman–Crippen MR) is 89.8 cm³/mol. The maximum Gasteiger partial charge on any atom is 0.409 e. The molecule has 1 N–H and O–H groups in total. The summed E-state index contributed by atoms with van der Waals surface area (Å²) in [5.74, 6) is 0.505. The average molecular weight is 361 g/mol. The van der Waals surface area contributed by atoms with E-state index in [-0.39, 0.29) is 13.0 Å². The molecule has 0 saturated heterocycles. The molecule has 0 heterocycles. The van der Waals surface area contributed by atoms with Gasteiger partial charge in [0.05, 0.1) is 13.2 Å². The zero-order valence-corrected chi connectivity index (χ0v) is 15.1. The van der Waals surface area contributed by atoms with Gasteiger partial charge in [0.15, 0.2) is 11.5 Å². The molecule has 0 fully saturated rings. The normalized spacial score (nSPS) is 13.2. The molecule has 0 aliphatic rings. The Kier molecular flexibility index (Phi) is 7.58. The number of rotatable bonds is 8. The molecule has 0 saturated carbocycles. The molecule has 0 spiro atoms. The second kappa shape index (κ2) is 8.97. The van der Waals surface area contributed by atoms with Crippen molar-refractivity contribution in [2.75, 3.05) is 13.2 Å². The lowest BCUT2D eigenvalue weighted by molar-refractivity contribution is -0.181. The predicted octanol–water partition coefficient (Wildman–Crippen LogP) is 4.34. The van der Waals surface area contributed by atoms with E-state index in [0.717, 1.165) is 0 Å². The molecule has 1 aromatic carbocycles. The number of alkyl halides is 3. The smallest absolute Gasteiger partial charge is 0.409 e. The highest BCUT2D eigenvalue weighted by atomic mass is 19.4. The zero-order valence-electron chi connectivity index (χ0n) is 15.1. The Morgan fingerprint density at radius 3 is 2.16 bits per heavy atom. The van der Waals surface area contributed by atoms with Gasteiger partial charge in [0.2, 0.25) is 5.91 Å². The van der Waals surface area contributed by atoms with Crippen LogP contribution in [-0.4, -0.2) is 31.3 Å². The van der Waals surface area contributed by atoms with Crippen LogP contribution in [0.2, 0.25) is 0 Å². The Balaban J connectivity index is 2.47. The van der Waals surface area contributed by atoms with Crippen LogP contribution in [0.5, 0.6) is 11.5 Å². The van der Waals surface area contributed by atoms with Gasteiger partial charge in [-0.05, 0) is 30.9 Å². The van der Waals surface area contributed by atoms with E-state index in [0.29, 0.717) is 24.5 Å². The SMILES string of the molecule is CCOc1ccccc1OCCCC(=O)N[C@@H](C(C)(C)C)C(F)(F)F. The van der Waals surface area contributed by atoms with E-state index in [1.54, 1.807) is 18.2 Å². The second-order valence-electron chi connectivity index (χ2n) is 6.74. The fourth-order valence-electron chi connectivity index (χ4n) is 2.28. The maximum absolute atomic E-state index is 13.0. The molecule has 0 aliphatic carbocycles. The molecule has 7 heteroatoms. The lowest BCUT2D eigenvalue weighted by Gasteiger charge is -2.33. The topological polar surface area (TPSA) is 47.6 Å². The molecule has 142 valence electrons. The minimum atomic E-state index is -4.49. The summed E-state index contributed by atoms with van der Waals surface area (Å²) < 4.78 is 50.1. The molecule has 1 rings (SSSR count). The van der Waals surface area contributed by atoms with E-state index in [1.807, 2.05) is 13.0 Å². The van der Waals surface area contributed by atoms with Crippen LogP contribution in [0.3, 0.4) is 0 Å². The van der Waals surface area contributed by atoms with Crippen LogP contribution in [-0.2, 0) is 4.79 Å². The van der Waals surface area contributed by atoms with Gasteiger partial charge in [-0.1, -0.05) is 32.9 Å². The first kappa shape index (κ1) is 21.1. The number of para-hydroxylation sites is 2. The van der Waals surface area contributed by atoms with Gasteiger partial charge in [-0.15, -0.1) is 0 Å². The summed E-state index contributed by atoms with van der Waals surface area (Å²) >= 11 is 0. The van der Waals surface area contributed by atoms with Gasteiger partial charge in [0.25, 0.3) is 0 Å². The van der Waals surface area contributed by atoms with Crippen LogP contribution < -0.4 is 14.8 Å². The van der Waals surface area contributed by atoms with Gasteiger partial charge in [-0.3, -0.25) is 4.79 Å². The van der Waals surface area contributed by atoms with Crippen LogP contribution in [0.15, 0.2) is 24.3 Å². The second-order valence-corrected chi connectivity index (χ2v) is 6.74. The molecule has 0 unspecified atom stereocenters. The first-order chi connectivity index (χ1) is 11.6. The summed E-state index contributed by atoms with van der Waals surface area (Å²) in [7, 11) is 0. The number of carbonyl (C=O) groups is 1. The fourth-order valence-corrected chi connectivity index (χ4v) is 2.28. The van der Waals surface area contributed by atoms with Gasteiger partial charge in [0.1, 0.15) is 6.04 Å². The van der Waals surface area contributed by atoms with E-state index in [4.69, 9.17) is 9.47 Å². The molecule has 0 bridgehead atoms. The summed E-state index contributed by atoms with van der Waals surface area (Å²) in [6.07, 6.45) is -4.22. The molecule has 1 atom stereocenters. The quantitative estimate of drug-likeness (QED) is 0.701. The van der Waals surface area contributed by atoms with Gasteiger partial charge >= 0.3 is 6.18 Å². The van der Waals surface area contributed by atoms with Crippen molar-refractivity contribution in [1.82, 2.24) is 5.32 Å². The molecular formula is C18H26F3NO3. The number of nitrogens with one attached hydrogen (secondary N) is 1. The summed E-state index contributed by atoms with van der Waals surface area (Å²) in [6.45, 7) is 6.89. The molecule has 1 aromatic rings. The van der Waals surface area contributed by atoms with Crippen LogP contribution in [0.1, 0.15) is 40.5 Å². The molecule has 0 aliphatic heterocycles. The third-order valence-electron chi connectivity index (χ3n) is 3.45. The van der Waals surface area contributed by atoms with Gasteiger partial charge < -0.3 is 14.8 Å². The van der Waals surface area contributed by atoms with Gasteiger partial charge in [-0.25, -0.2) is 0 Å². The highest BCUT2D eigenvalue weighted by Crippen LogP contribution is 2.33. The first-order valence-corrected chi connectivity index (χ1v) is 8.26. The zero-order chi connectivity index (χ0) is 19.1. The van der Waals surface area contributed by atoms with E-state index in [2.05, 4.69) is 5.32 Å². The van der Waals surface area contributed by atoms with Crippen molar-refractivity contribution in [1.29, 1.82) is 0 Å². The van der Waals surface area contributed by atoms with E-state index in [1.165, 1.54) is 20.8 Å². The van der Waals surface area contributed by atoms with Crippen molar-refractivity contribution in [3.63, 3.8) is 0 Å². The molecule has 4 nitrogen and oxygen atoms in total. The Bertz CT molecular complexity index is 539. The summed E-state index contributed by atoms with van der Waals surface area (Å²) in [6, 6.07) is 5.23. The maximum atomic E-state index is 13.0. The standard InChI is InChI=1S/C18H26F3NO3/c1-5-24-13-9-6-7-10-14(13)25-12-8-11-15(23)22-16(17(2,3)4)18(19,20)21/h6-7,9-10,16H,5,8,11-12H2,1-4H3,(H,22,23)/t16-/m0/s1. The van der Waals surface area contributed by atoms with Crippen LogP contribution in [0, 0.1) is 5.41 Å². The third kappa shape index (κ3) is 7.23. The molecule has 0 radical (unpaired) electrons. The number of amides is 1. The van der Waals surface area contributed by atoms with Crippen molar-refractivity contribution in [2.45, 2.75) is 52.8 Å². The molecule has 1 amide bonds. The van der Waals surface area contributed by atoms with Crippen molar-refractivity contribution < 1.29 is 27.4 Å². The van der Waals surface area contributed by atoms with Crippen molar-refractivity contribution in [3.05, 3.63) is 24.3 Å². The molecular weight excluding hydrogens is 335 g/mol. The molecule has 25 heavy (non-hydrogen) atoms. The Morgan fingerprint density at radius 1 is 1.12 bits per heavy atom. The number of ether oxygens (including phenoxy) is 2.